The maximum atomic E-state index is 12.3. The number of nitrogens with zero attached hydrogens (tertiary/aromatic N) is 3. The number of ether oxygens (including phenoxy) is 2. The van der Waals surface area contributed by atoms with Crippen LogP contribution in [-0.4, -0.2) is 33.9 Å². The molecule has 1 aliphatic rings. The number of hydrogen-bond donors (Lipinski definition) is 1. The summed E-state index contributed by atoms with van der Waals surface area (Å²) in [7, 11) is 0. The van der Waals surface area contributed by atoms with E-state index in [1.165, 1.54) is 6.33 Å². The molecule has 1 aliphatic heterocycles. The molecular weight excluding hydrogens is 320 g/mol. The summed E-state index contributed by atoms with van der Waals surface area (Å²) in [6, 6.07) is 12.8. The number of nitrogens with one attached hydrogen (secondary N) is 1. The lowest BCUT2D eigenvalue weighted by Gasteiger charge is -2.19. The second-order valence-electron chi connectivity index (χ2n) is 5.55. The monoisotopic (exact) mass is 336 g/mol. The van der Waals surface area contributed by atoms with Gasteiger partial charge in [-0.1, -0.05) is 6.07 Å². The third kappa shape index (κ3) is 3.30. The number of benzene rings is 2. The van der Waals surface area contributed by atoms with Crippen LogP contribution in [-0.2, 0) is 6.54 Å². The largest absolute Gasteiger partial charge is 0.486 e. The van der Waals surface area contributed by atoms with Gasteiger partial charge >= 0.3 is 0 Å². The van der Waals surface area contributed by atoms with Crippen molar-refractivity contribution < 1.29 is 14.3 Å². The van der Waals surface area contributed by atoms with E-state index in [0.29, 0.717) is 25.3 Å². The van der Waals surface area contributed by atoms with Crippen molar-refractivity contribution in [2.45, 2.75) is 6.54 Å². The highest BCUT2D eigenvalue weighted by atomic mass is 16.6. The lowest BCUT2D eigenvalue weighted by Crippen LogP contribution is -2.23. The Kier molecular flexibility index (Phi) is 4.04. The van der Waals surface area contributed by atoms with Crippen molar-refractivity contribution >= 4 is 5.91 Å². The zero-order valence-corrected chi connectivity index (χ0v) is 13.4. The van der Waals surface area contributed by atoms with Crippen LogP contribution in [0.5, 0.6) is 11.5 Å². The van der Waals surface area contributed by atoms with Crippen LogP contribution in [0, 0.1) is 0 Å². The van der Waals surface area contributed by atoms with E-state index < -0.39 is 0 Å². The van der Waals surface area contributed by atoms with E-state index in [9.17, 15) is 4.79 Å². The Morgan fingerprint density at radius 1 is 1.08 bits per heavy atom. The van der Waals surface area contributed by atoms with Crippen molar-refractivity contribution in [3.8, 4) is 17.2 Å². The van der Waals surface area contributed by atoms with Crippen LogP contribution in [0.4, 0.5) is 0 Å². The summed E-state index contributed by atoms with van der Waals surface area (Å²) < 4.78 is 12.7. The first-order valence-corrected chi connectivity index (χ1v) is 7.91. The highest BCUT2D eigenvalue weighted by molar-refractivity contribution is 5.94. The van der Waals surface area contributed by atoms with E-state index in [0.717, 1.165) is 22.7 Å². The number of carbonyl (C=O) groups excluding carboxylic acids is 1. The minimum Gasteiger partial charge on any atom is -0.486 e. The molecule has 0 radical (unpaired) electrons. The van der Waals surface area contributed by atoms with Gasteiger partial charge in [0.05, 0.1) is 5.69 Å². The van der Waals surface area contributed by atoms with Gasteiger partial charge in [-0.3, -0.25) is 4.79 Å². The van der Waals surface area contributed by atoms with Gasteiger partial charge in [-0.15, -0.1) is 0 Å². The Balaban J connectivity index is 1.40. The molecule has 25 heavy (non-hydrogen) atoms. The molecule has 3 aromatic rings. The fraction of sp³-hybridized carbons (Fsp3) is 0.167. The van der Waals surface area contributed by atoms with Gasteiger partial charge in [0.15, 0.2) is 11.5 Å². The molecule has 1 amide bonds. The molecule has 0 saturated heterocycles. The summed E-state index contributed by atoms with van der Waals surface area (Å²) in [6.07, 6.45) is 3.07. The van der Waals surface area contributed by atoms with Gasteiger partial charge in [0, 0.05) is 12.1 Å². The van der Waals surface area contributed by atoms with Crippen molar-refractivity contribution in [3.05, 3.63) is 66.2 Å². The molecule has 0 fully saturated rings. The summed E-state index contributed by atoms with van der Waals surface area (Å²) in [4.78, 5) is 16.2. The van der Waals surface area contributed by atoms with Crippen LogP contribution in [0.1, 0.15) is 15.9 Å². The molecule has 1 N–H and O–H groups in total. The molecule has 0 spiro atoms. The first-order valence-electron chi connectivity index (χ1n) is 7.91. The van der Waals surface area contributed by atoms with Crippen molar-refractivity contribution in [1.29, 1.82) is 0 Å². The van der Waals surface area contributed by atoms with Gasteiger partial charge in [-0.25, -0.2) is 9.67 Å². The molecule has 7 nitrogen and oxygen atoms in total. The predicted octanol–water partition coefficient (Wildman–Crippen LogP) is 1.97. The highest BCUT2D eigenvalue weighted by Crippen LogP contribution is 2.30. The first-order chi connectivity index (χ1) is 12.3. The smallest absolute Gasteiger partial charge is 0.251 e. The zero-order valence-electron chi connectivity index (χ0n) is 13.4. The van der Waals surface area contributed by atoms with Crippen molar-refractivity contribution in [2.24, 2.45) is 0 Å². The minimum absolute atomic E-state index is 0.139. The van der Waals surface area contributed by atoms with Gasteiger partial charge < -0.3 is 14.8 Å². The molecule has 1 aromatic heterocycles. The van der Waals surface area contributed by atoms with Crippen LogP contribution >= 0.6 is 0 Å². The van der Waals surface area contributed by atoms with E-state index in [1.807, 2.05) is 30.3 Å². The lowest BCUT2D eigenvalue weighted by molar-refractivity contribution is 0.0951. The second kappa shape index (κ2) is 6.64. The van der Waals surface area contributed by atoms with Gasteiger partial charge in [0.25, 0.3) is 5.91 Å². The number of aromatic nitrogens is 3. The molecule has 0 bridgehead atoms. The molecule has 0 unspecified atom stereocenters. The van der Waals surface area contributed by atoms with Crippen LogP contribution in [0.15, 0.2) is 55.1 Å². The van der Waals surface area contributed by atoms with Crippen molar-refractivity contribution in [1.82, 2.24) is 20.1 Å². The summed E-state index contributed by atoms with van der Waals surface area (Å²) in [5.74, 6) is 1.32. The van der Waals surface area contributed by atoms with E-state index in [2.05, 4.69) is 15.4 Å². The van der Waals surface area contributed by atoms with E-state index in [-0.39, 0.29) is 5.91 Å². The van der Waals surface area contributed by atoms with E-state index in [1.54, 1.807) is 23.1 Å². The first kappa shape index (κ1) is 15.2. The number of amides is 1. The zero-order chi connectivity index (χ0) is 17.1. The van der Waals surface area contributed by atoms with Crippen LogP contribution in [0.2, 0.25) is 0 Å². The van der Waals surface area contributed by atoms with Crippen molar-refractivity contribution in [2.75, 3.05) is 13.2 Å². The number of fused-ring (bicyclic) bond motifs is 1. The average Bonchev–Trinajstić information content (AvgIpc) is 3.21. The Morgan fingerprint density at radius 2 is 1.88 bits per heavy atom. The third-order valence-electron chi connectivity index (χ3n) is 3.87. The molecule has 0 saturated carbocycles. The summed E-state index contributed by atoms with van der Waals surface area (Å²) >= 11 is 0. The van der Waals surface area contributed by atoms with Gasteiger partial charge in [-0.05, 0) is 42.0 Å². The standard InChI is InChI=1S/C18H16N4O3/c23-18(14-2-4-15(5-3-14)22-12-19-11-21-22)20-10-13-1-6-16-17(9-13)25-8-7-24-16/h1-6,9,11-12H,7-8,10H2,(H,20,23). The maximum Gasteiger partial charge on any atom is 0.251 e. The molecular formula is C18H16N4O3. The maximum absolute atomic E-state index is 12.3. The molecule has 126 valence electrons. The van der Waals surface area contributed by atoms with Crippen molar-refractivity contribution in [3.63, 3.8) is 0 Å². The van der Waals surface area contributed by atoms with Crippen LogP contribution in [0.3, 0.4) is 0 Å². The molecule has 4 rings (SSSR count). The van der Waals surface area contributed by atoms with Crippen LogP contribution < -0.4 is 14.8 Å². The van der Waals surface area contributed by atoms with Gasteiger partial charge in [0.2, 0.25) is 0 Å². The second-order valence-corrected chi connectivity index (χ2v) is 5.55. The lowest BCUT2D eigenvalue weighted by atomic mass is 10.1. The number of rotatable bonds is 4. The van der Waals surface area contributed by atoms with E-state index in [4.69, 9.17) is 9.47 Å². The average molecular weight is 336 g/mol. The Bertz CT molecular complexity index is 876. The quantitative estimate of drug-likeness (QED) is 0.788. The SMILES string of the molecule is O=C(NCc1ccc2c(c1)OCCO2)c1ccc(-n2cncn2)cc1. The normalized spacial score (nSPS) is 12.6. The Hall–Kier alpha value is -3.35. The molecule has 7 heteroatoms. The predicted molar refractivity (Wildman–Crippen MR) is 90.0 cm³/mol. The topological polar surface area (TPSA) is 78.3 Å². The van der Waals surface area contributed by atoms with Gasteiger partial charge in [-0.2, -0.15) is 5.10 Å². The molecule has 0 aliphatic carbocycles. The summed E-state index contributed by atoms with van der Waals surface area (Å²) in [5, 5.41) is 6.96. The molecule has 0 atom stereocenters. The van der Waals surface area contributed by atoms with Crippen LogP contribution in [0.25, 0.3) is 5.69 Å². The molecule has 2 aromatic carbocycles. The molecule has 2 heterocycles. The Morgan fingerprint density at radius 3 is 2.64 bits per heavy atom. The number of carbonyl (C=O) groups is 1. The fourth-order valence-corrected chi connectivity index (χ4v) is 2.59. The summed E-state index contributed by atoms with van der Waals surface area (Å²) in [6.45, 7) is 1.52. The Labute approximate surface area is 144 Å². The van der Waals surface area contributed by atoms with E-state index >= 15 is 0 Å². The number of hydrogen-bond acceptors (Lipinski definition) is 5. The fourth-order valence-electron chi connectivity index (χ4n) is 2.59. The minimum atomic E-state index is -0.139. The highest BCUT2D eigenvalue weighted by Gasteiger charge is 2.12. The van der Waals surface area contributed by atoms with Gasteiger partial charge in [0.1, 0.15) is 25.9 Å². The summed E-state index contributed by atoms with van der Waals surface area (Å²) in [5.41, 5.74) is 2.39. The third-order valence-corrected chi connectivity index (χ3v) is 3.87.